The van der Waals surface area contributed by atoms with Gasteiger partial charge in [-0.15, -0.1) is 0 Å². The highest BCUT2D eigenvalue weighted by molar-refractivity contribution is 5.82. The molecule has 5 unspecified atom stereocenters. The lowest BCUT2D eigenvalue weighted by Crippen LogP contribution is -2.57. The van der Waals surface area contributed by atoms with Gasteiger partial charge in [0.1, 0.15) is 18.0 Å². The number of aliphatic hydroxyl groups excluding tert-OH is 1. The molecule has 0 bridgehead atoms. The lowest BCUT2D eigenvalue weighted by molar-refractivity contribution is -0.294. The maximum atomic E-state index is 13.7. The van der Waals surface area contributed by atoms with Gasteiger partial charge in [-0.2, -0.15) is 0 Å². The van der Waals surface area contributed by atoms with Crippen LogP contribution in [0.1, 0.15) is 121 Å². The molecule has 0 aromatic carbocycles. The Morgan fingerprint density at radius 1 is 1.02 bits per heavy atom. The van der Waals surface area contributed by atoms with Crippen LogP contribution in [0.3, 0.4) is 0 Å². The van der Waals surface area contributed by atoms with E-state index < -0.39 is 41.7 Å². The van der Waals surface area contributed by atoms with Crippen LogP contribution in [-0.4, -0.2) is 118 Å². The number of carbonyl (C=O) groups is 2. The molecule has 0 aromatic rings. The highest BCUT2D eigenvalue weighted by Crippen LogP contribution is 2.35. The van der Waals surface area contributed by atoms with Crippen LogP contribution in [0.4, 0.5) is 0 Å². The van der Waals surface area contributed by atoms with Crippen molar-refractivity contribution in [3.63, 3.8) is 0 Å². The molecular weight excluding hydrogens is 654 g/mol. The van der Waals surface area contributed by atoms with E-state index in [2.05, 4.69) is 32.8 Å². The first kappa shape index (κ1) is 47.8. The summed E-state index contributed by atoms with van der Waals surface area (Å²) in [6.07, 6.45) is 1.95. The predicted octanol–water partition coefficient (Wildman–Crippen LogP) is 6.66. The molecule has 51 heavy (non-hydrogen) atoms. The van der Waals surface area contributed by atoms with E-state index in [1.807, 2.05) is 55.4 Å². The van der Waals surface area contributed by atoms with Crippen LogP contribution in [0.5, 0.6) is 0 Å². The van der Waals surface area contributed by atoms with Gasteiger partial charge < -0.3 is 43.2 Å². The van der Waals surface area contributed by atoms with Crippen LogP contribution < -0.4 is 0 Å². The number of ether oxygens (including phenoxy) is 7. The van der Waals surface area contributed by atoms with E-state index in [1.54, 1.807) is 28.3 Å². The fraction of sp³-hybridized carbons (Fsp3) is 0.950. The number of hydrogen-bond donors (Lipinski definition) is 1. The second kappa shape index (κ2) is 22.3. The molecule has 0 aromatic heterocycles. The summed E-state index contributed by atoms with van der Waals surface area (Å²) in [5, 5.41) is 10.6. The minimum atomic E-state index is -0.824. The number of aliphatic hydroxyl groups is 1. The zero-order valence-electron chi connectivity index (χ0n) is 35.2. The summed E-state index contributed by atoms with van der Waals surface area (Å²) in [5.74, 6) is -1.22. The number of ketones is 1. The van der Waals surface area contributed by atoms with Crippen LogP contribution >= 0.6 is 0 Å². The van der Waals surface area contributed by atoms with Gasteiger partial charge in [0, 0.05) is 52.0 Å². The molecule has 13 atom stereocenters. The zero-order valence-corrected chi connectivity index (χ0v) is 35.2. The molecule has 1 fully saturated rings. The fourth-order valence-corrected chi connectivity index (χ4v) is 7.48. The highest BCUT2D eigenvalue weighted by Gasteiger charge is 2.47. The number of nitrogens with zero attached hydrogens (tertiary/aromatic N) is 1. The van der Waals surface area contributed by atoms with Crippen molar-refractivity contribution >= 4 is 11.8 Å². The van der Waals surface area contributed by atoms with E-state index in [0.29, 0.717) is 31.9 Å². The fourth-order valence-electron chi connectivity index (χ4n) is 7.48. The second-order valence-corrected chi connectivity index (χ2v) is 16.3. The van der Waals surface area contributed by atoms with Crippen molar-refractivity contribution in [2.24, 2.45) is 29.6 Å². The lowest BCUT2D eigenvalue weighted by Gasteiger charge is -2.45. The monoisotopic (exact) mass is 732 g/mol. The quantitative estimate of drug-likeness (QED) is 0.0802. The molecule has 1 aliphatic rings. The minimum Gasteiger partial charge on any atom is -0.462 e. The zero-order chi connectivity index (χ0) is 39.3. The first-order valence-electron chi connectivity index (χ1n) is 19.4. The van der Waals surface area contributed by atoms with Crippen molar-refractivity contribution in [1.82, 2.24) is 4.90 Å². The van der Waals surface area contributed by atoms with Crippen molar-refractivity contribution < 1.29 is 47.9 Å². The van der Waals surface area contributed by atoms with Crippen LogP contribution in [0.15, 0.2) is 0 Å². The molecule has 302 valence electrons. The third kappa shape index (κ3) is 14.5. The third-order valence-corrected chi connectivity index (χ3v) is 11.3. The predicted molar refractivity (Wildman–Crippen MR) is 200 cm³/mol. The molecule has 11 heteroatoms. The third-order valence-electron chi connectivity index (χ3n) is 11.3. The Hall–Kier alpha value is -1.18. The Morgan fingerprint density at radius 3 is 2.14 bits per heavy atom. The molecule has 1 aliphatic heterocycles. The van der Waals surface area contributed by atoms with E-state index in [9.17, 15) is 14.7 Å². The summed E-state index contributed by atoms with van der Waals surface area (Å²) in [6.45, 7) is 21.8. The summed E-state index contributed by atoms with van der Waals surface area (Å²) in [6, 6.07) is 0.348. The average Bonchev–Trinajstić information content (AvgIpc) is 3.08. The molecule has 1 saturated heterocycles. The summed E-state index contributed by atoms with van der Waals surface area (Å²) in [5.41, 5.74) is -1.49. The second-order valence-electron chi connectivity index (χ2n) is 16.3. The lowest BCUT2D eigenvalue weighted by atomic mass is 9.81. The Morgan fingerprint density at radius 2 is 1.65 bits per heavy atom. The SMILES string of the molecule is CCCC(CC(OC)OC[C@@](C)(C[C@@H](C)C(=O)C(C)C[C@@H](CC)[C@@H](C)OC(=O)C(C)[C@@H](O[C@H]1C[C@@](C)(OC)[C@@H](O)C(C)O1)C(C)C)OC)N(C)C. The van der Waals surface area contributed by atoms with E-state index in [0.717, 1.165) is 25.7 Å². The van der Waals surface area contributed by atoms with Crippen molar-refractivity contribution in [3.05, 3.63) is 0 Å². The van der Waals surface area contributed by atoms with Gasteiger partial charge in [0.05, 0.1) is 35.9 Å². The molecule has 1 heterocycles. The molecule has 0 radical (unpaired) electrons. The van der Waals surface area contributed by atoms with Gasteiger partial charge in [-0.3, -0.25) is 9.59 Å². The highest BCUT2D eigenvalue weighted by atomic mass is 16.7. The largest absolute Gasteiger partial charge is 0.462 e. The normalized spacial score (nSPS) is 27.2. The summed E-state index contributed by atoms with van der Waals surface area (Å²) >= 11 is 0. The first-order valence-corrected chi connectivity index (χ1v) is 19.4. The van der Waals surface area contributed by atoms with E-state index >= 15 is 0 Å². The molecule has 11 nitrogen and oxygen atoms in total. The number of methoxy groups -OCH3 is 3. The van der Waals surface area contributed by atoms with Crippen LogP contribution in [-0.2, 0) is 42.7 Å². The number of hydrogen-bond acceptors (Lipinski definition) is 11. The Labute approximate surface area is 311 Å². The van der Waals surface area contributed by atoms with Crippen LogP contribution in [0, 0.1) is 29.6 Å². The summed E-state index contributed by atoms with van der Waals surface area (Å²) in [4.78, 5) is 29.4. The van der Waals surface area contributed by atoms with Crippen molar-refractivity contribution in [3.8, 4) is 0 Å². The molecule has 0 amide bonds. The maximum Gasteiger partial charge on any atom is 0.311 e. The van der Waals surface area contributed by atoms with Crippen molar-refractivity contribution in [2.45, 2.75) is 175 Å². The van der Waals surface area contributed by atoms with E-state index in [4.69, 9.17) is 33.2 Å². The Kier molecular flexibility index (Phi) is 20.9. The molecule has 0 spiro atoms. The van der Waals surface area contributed by atoms with Gasteiger partial charge in [0.2, 0.25) is 0 Å². The Bertz CT molecular complexity index is 1010. The molecule has 1 rings (SSSR count). The van der Waals surface area contributed by atoms with Gasteiger partial charge in [-0.1, -0.05) is 48.0 Å². The maximum absolute atomic E-state index is 13.7. The number of esters is 1. The number of rotatable bonds is 25. The first-order chi connectivity index (χ1) is 23.7. The molecule has 0 saturated carbocycles. The number of Topliss-reactive ketones (excluding diaryl/α,β-unsaturated/α-hetero) is 1. The van der Waals surface area contributed by atoms with E-state index in [1.165, 1.54) is 0 Å². The molecular formula is C40H77NO10. The van der Waals surface area contributed by atoms with Gasteiger partial charge in [0.15, 0.2) is 12.6 Å². The Balaban J connectivity index is 2.84. The summed E-state index contributed by atoms with van der Waals surface area (Å²) in [7, 11) is 9.05. The van der Waals surface area contributed by atoms with Gasteiger partial charge in [-0.25, -0.2) is 0 Å². The van der Waals surface area contributed by atoms with Gasteiger partial charge in [-0.05, 0) is 86.2 Å². The van der Waals surface area contributed by atoms with Crippen molar-refractivity contribution in [1.29, 1.82) is 0 Å². The topological polar surface area (TPSA) is 122 Å². The standard InChI is InChI=1S/C40H77NO10/c1-17-19-32(41(12)13)21-33(45-14)48-24-39(10,46-15)22-27(6)35(42)26(5)20-31(18-2)29(8)50-38(44)28(7)36(25(3)4)51-34-23-40(11,47-16)37(43)30(9)49-34/h25-34,36-37,43H,17-24H2,1-16H3/t26?,27-,28?,29-,30?,31-,32?,33?,34+,36+,37+,39-,40-/m1/s1. The smallest absolute Gasteiger partial charge is 0.311 e. The molecule has 0 aliphatic carbocycles. The average molecular weight is 732 g/mol. The van der Waals surface area contributed by atoms with Crippen molar-refractivity contribution in [2.75, 3.05) is 42.0 Å². The van der Waals surface area contributed by atoms with E-state index in [-0.39, 0.29) is 47.8 Å². The van der Waals surface area contributed by atoms with Gasteiger partial charge in [0.25, 0.3) is 0 Å². The van der Waals surface area contributed by atoms with Crippen LogP contribution in [0.2, 0.25) is 0 Å². The molecule has 1 N–H and O–H groups in total. The minimum absolute atomic E-state index is 0.00288. The number of carbonyl (C=O) groups excluding carboxylic acids is 2. The summed E-state index contributed by atoms with van der Waals surface area (Å²) < 4.78 is 41.8. The van der Waals surface area contributed by atoms with Gasteiger partial charge >= 0.3 is 5.97 Å². The van der Waals surface area contributed by atoms with Crippen LogP contribution in [0.25, 0.3) is 0 Å².